The molecule has 0 aromatic heterocycles. The van der Waals surface area contributed by atoms with E-state index in [1.54, 1.807) is 34.1 Å². The van der Waals surface area contributed by atoms with Crippen molar-refractivity contribution in [1.82, 2.24) is 10.2 Å². The van der Waals surface area contributed by atoms with Crippen LogP contribution >= 0.6 is 12.2 Å². The molecule has 2 heterocycles. The molecule has 27 heavy (non-hydrogen) atoms. The first-order chi connectivity index (χ1) is 13.0. The minimum atomic E-state index is -0.385. The first-order valence-corrected chi connectivity index (χ1v) is 9.49. The van der Waals surface area contributed by atoms with Gasteiger partial charge in [-0.2, -0.15) is 0 Å². The van der Waals surface area contributed by atoms with E-state index < -0.39 is 0 Å². The molecule has 3 rings (SSSR count). The van der Waals surface area contributed by atoms with E-state index in [0.29, 0.717) is 31.4 Å². The first-order valence-electron chi connectivity index (χ1n) is 9.08. The summed E-state index contributed by atoms with van der Waals surface area (Å²) in [6, 6.07) is 7.21. The summed E-state index contributed by atoms with van der Waals surface area (Å²) < 4.78 is 10.4. The molecule has 8 nitrogen and oxygen atoms in total. The van der Waals surface area contributed by atoms with Gasteiger partial charge in [-0.25, -0.2) is 9.59 Å². The Kier molecular flexibility index (Phi) is 6.00. The maximum absolute atomic E-state index is 12.2. The number of hydrogen-bond donors (Lipinski definition) is 1. The molecule has 0 aliphatic carbocycles. The number of anilines is 2. The van der Waals surface area contributed by atoms with Crippen molar-refractivity contribution >= 4 is 40.9 Å². The van der Waals surface area contributed by atoms with Crippen molar-refractivity contribution in [2.24, 2.45) is 0 Å². The molecule has 2 amide bonds. The summed E-state index contributed by atoms with van der Waals surface area (Å²) in [5, 5.41) is 3.83. The van der Waals surface area contributed by atoms with Crippen LogP contribution in [0, 0.1) is 0 Å². The third kappa shape index (κ3) is 4.24. The fraction of sp³-hybridized carbons (Fsp3) is 0.500. The molecular weight excluding hydrogens is 368 g/mol. The van der Waals surface area contributed by atoms with Crippen LogP contribution in [0.4, 0.5) is 21.0 Å². The highest BCUT2D eigenvalue weighted by molar-refractivity contribution is 7.80. The Morgan fingerprint density at radius 3 is 2.33 bits per heavy atom. The third-order valence-electron chi connectivity index (χ3n) is 4.64. The minimum Gasteiger partial charge on any atom is -0.447 e. The fourth-order valence-electron chi connectivity index (χ4n) is 3.10. The summed E-state index contributed by atoms with van der Waals surface area (Å²) in [7, 11) is 0. The van der Waals surface area contributed by atoms with Gasteiger partial charge < -0.3 is 19.7 Å². The van der Waals surface area contributed by atoms with Gasteiger partial charge in [-0.3, -0.25) is 9.80 Å². The van der Waals surface area contributed by atoms with E-state index in [1.807, 2.05) is 18.7 Å². The summed E-state index contributed by atoms with van der Waals surface area (Å²) in [5.41, 5.74) is 1.47. The molecular formula is C18H24N4O4S. The number of ether oxygens (including phenoxy) is 2. The van der Waals surface area contributed by atoms with E-state index in [-0.39, 0.29) is 18.3 Å². The maximum atomic E-state index is 12.2. The number of cyclic esters (lactones) is 2. The zero-order valence-corrected chi connectivity index (χ0v) is 16.3. The second-order valence-corrected chi connectivity index (χ2v) is 6.64. The van der Waals surface area contributed by atoms with E-state index in [0.717, 1.165) is 24.5 Å². The van der Waals surface area contributed by atoms with Gasteiger partial charge in [-0.1, -0.05) is 0 Å². The summed E-state index contributed by atoms with van der Waals surface area (Å²) in [4.78, 5) is 29.0. The monoisotopic (exact) mass is 392 g/mol. The number of nitrogens with one attached hydrogen (secondary N) is 1. The lowest BCUT2D eigenvalue weighted by atomic mass is 10.2. The number of thiocarbonyl (C=S) groups is 1. The van der Waals surface area contributed by atoms with Crippen LogP contribution in [-0.4, -0.2) is 67.6 Å². The van der Waals surface area contributed by atoms with Gasteiger partial charge in [0, 0.05) is 24.5 Å². The highest BCUT2D eigenvalue weighted by atomic mass is 32.1. The molecule has 2 aliphatic heterocycles. The third-order valence-corrected chi connectivity index (χ3v) is 5.04. The zero-order valence-electron chi connectivity index (χ0n) is 15.5. The number of amides is 2. The van der Waals surface area contributed by atoms with E-state index in [4.69, 9.17) is 21.7 Å². The molecule has 146 valence electrons. The molecule has 2 fully saturated rings. The van der Waals surface area contributed by atoms with Crippen LogP contribution in [0.5, 0.6) is 0 Å². The predicted molar refractivity (Wildman–Crippen MR) is 106 cm³/mol. The van der Waals surface area contributed by atoms with Gasteiger partial charge in [0.2, 0.25) is 0 Å². The number of hydrogen-bond acceptors (Lipinski definition) is 5. The van der Waals surface area contributed by atoms with Crippen molar-refractivity contribution < 1.29 is 19.1 Å². The van der Waals surface area contributed by atoms with Crippen molar-refractivity contribution in [2.75, 3.05) is 49.1 Å². The van der Waals surface area contributed by atoms with Gasteiger partial charge in [0.05, 0.1) is 19.6 Å². The van der Waals surface area contributed by atoms with Crippen molar-refractivity contribution in [1.29, 1.82) is 0 Å². The largest absolute Gasteiger partial charge is 0.447 e. The molecule has 1 aromatic carbocycles. The average molecular weight is 392 g/mol. The molecule has 0 bridgehead atoms. The van der Waals surface area contributed by atoms with Crippen LogP contribution in [0.15, 0.2) is 24.3 Å². The molecule has 0 spiro atoms. The highest BCUT2D eigenvalue weighted by Crippen LogP contribution is 2.26. The van der Waals surface area contributed by atoms with Gasteiger partial charge in [0.25, 0.3) is 0 Å². The first kappa shape index (κ1) is 19.2. The quantitative estimate of drug-likeness (QED) is 0.744. The number of carbonyl (C=O) groups is 2. The van der Waals surface area contributed by atoms with Crippen molar-refractivity contribution in [3.63, 3.8) is 0 Å². The zero-order chi connectivity index (χ0) is 19.4. The molecule has 1 aromatic rings. The van der Waals surface area contributed by atoms with Gasteiger partial charge in [0.1, 0.15) is 12.7 Å². The number of nitrogens with zero attached hydrogens (tertiary/aromatic N) is 3. The highest BCUT2D eigenvalue weighted by Gasteiger charge is 2.32. The molecule has 0 saturated carbocycles. The number of carbonyl (C=O) groups excluding carboxylic acids is 2. The molecule has 9 heteroatoms. The van der Waals surface area contributed by atoms with Gasteiger partial charge in [0.15, 0.2) is 5.11 Å². The van der Waals surface area contributed by atoms with Crippen LogP contribution < -0.4 is 15.1 Å². The lowest BCUT2D eigenvalue weighted by Gasteiger charge is -2.23. The van der Waals surface area contributed by atoms with Gasteiger partial charge in [-0.05, 0) is 50.3 Å². The second-order valence-electron chi connectivity index (χ2n) is 6.26. The Hall–Kier alpha value is -2.55. The molecule has 1 N–H and O–H groups in total. The Bertz CT molecular complexity index is 708. The van der Waals surface area contributed by atoms with E-state index in [1.165, 1.54) is 0 Å². The Morgan fingerprint density at radius 2 is 1.78 bits per heavy atom. The average Bonchev–Trinajstić information content (AvgIpc) is 3.26. The maximum Gasteiger partial charge on any atom is 0.414 e. The minimum absolute atomic E-state index is 0.278. The summed E-state index contributed by atoms with van der Waals surface area (Å²) in [5.74, 6) is 0. The molecule has 1 atom stereocenters. The van der Waals surface area contributed by atoms with Crippen LogP contribution in [-0.2, 0) is 9.47 Å². The summed E-state index contributed by atoms with van der Waals surface area (Å²) in [6.07, 6.45) is -1.01. The Labute approximate surface area is 164 Å². The predicted octanol–water partition coefficient (Wildman–Crippen LogP) is 2.18. The smallest absolute Gasteiger partial charge is 0.414 e. The van der Waals surface area contributed by atoms with E-state index >= 15 is 0 Å². The fourth-order valence-corrected chi connectivity index (χ4v) is 3.44. The second kappa shape index (κ2) is 8.43. The van der Waals surface area contributed by atoms with E-state index in [2.05, 4.69) is 5.32 Å². The molecule has 0 radical (unpaired) electrons. The number of rotatable bonds is 6. The van der Waals surface area contributed by atoms with Crippen LogP contribution in [0.1, 0.15) is 13.8 Å². The molecule has 2 aliphatic rings. The topological polar surface area (TPSA) is 74.4 Å². The molecule has 2 saturated heterocycles. The standard InChI is InChI=1S/C18H24N4O4S/c1-3-20(4-2)16(27)19-11-15-12-22(18(24)26-15)14-7-5-13(6-8-14)21-9-10-25-17(21)23/h5-8,15H,3-4,9-12H2,1-2H3,(H,19,27). The number of benzene rings is 1. The van der Waals surface area contributed by atoms with Gasteiger partial charge in [-0.15, -0.1) is 0 Å². The van der Waals surface area contributed by atoms with Crippen LogP contribution in [0.3, 0.4) is 0 Å². The summed E-state index contributed by atoms with van der Waals surface area (Å²) >= 11 is 5.36. The van der Waals surface area contributed by atoms with Crippen molar-refractivity contribution in [3.05, 3.63) is 24.3 Å². The lowest BCUT2D eigenvalue weighted by molar-refractivity contribution is 0.142. The molecule has 1 unspecified atom stereocenters. The normalized spacial score (nSPS) is 19.1. The van der Waals surface area contributed by atoms with Crippen molar-refractivity contribution in [2.45, 2.75) is 20.0 Å². The van der Waals surface area contributed by atoms with E-state index in [9.17, 15) is 9.59 Å². The van der Waals surface area contributed by atoms with Crippen molar-refractivity contribution in [3.8, 4) is 0 Å². The van der Waals surface area contributed by atoms with Gasteiger partial charge >= 0.3 is 12.2 Å². The Morgan fingerprint density at radius 1 is 1.15 bits per heavy atom. The SMILES string of the molecule is CCN(CC)C(=S)NCC1CN(c2ccc(N3CCOC3=O)cc2)C(=O)O1. The summed E-state index contributed by atoms with van der Waals surface area (Å²) in [6.45, 7) is 7.58. The van der Waals surface area contributed by atoms with Crippen LogP contribution in [0.2, 0.25) is 0 Å². The Balaban J connectivity index is 1.57. The lowest BCUT2D eigenvalue weighted by Crippen LogP contribution is -2.43. The van der Waals surface area contributed by atoms with Crippen LogP contribution in [0.25, 0.3) is 0 Å².